The van der Waals surface area contributed by atoms with Crippen LogP contribution in [0.25, 0.3) is 11.0 Å². The highest BCUT2D eigenvalue weighted by molar-refractivity contribution is 5.88. The van der Waals surface area contributed by atoms with E-state index in [0.717, 1.165) is 36.9 Å². The van der Waals surface area contributed by atoms with E-state index in [1.807, 2.05) is 23.1 Å². The molecular formula is C21H30N2O4. The van der Waals surface area contributed by atoms with Crippen molar-refractivity contribution in [1.29, 1.82) is 0 Å². The normalized spacial score (nSPS) is 16.1. The lowest BCUT2D eigenvalue weighted by Gasteiger charge is -2.22. The van der Waals surface area contributed by atoms with Crippen LogP contribution in [0.3, 0.4) is 0 Å². The Morgan fingerprint density at radius 3 is 2.78 bits per heavy atom. The number of fused-ring (bicyclic) bond motifs is 1. The molecule has 1 aromatic carbocycles. The van der Waals surface area contributed by atoms with Gasteiger partial charge in [0.2, 0.25) is 5.91 Å². The van der Waals surface area contributed by atoms with Crippen LogP contribution < -0.4 is 10.1 Å². The first-order chi connectivity index (χ1) is 12.8. The molecule has 3 rings (SSSR count). The fourth-order valence-electron chi connectivity index (χ4n) is 3.21. The van der Waals surface area contributed by atoms with Crippen molar-refractivity contribution in [1.82, 2.24) is 10.2 Å². The zero-order chi connectivity index (χ0) is 19.4. The molecule has 27 heavy (non-hydrogen) atoms. The molecule has 1 aromatic heterocycles. The van der Waals surface area contributed by atoms with Gasteiger partial charge >= 0.3 is 0 Å². The molecule has 1 atom stereocenters. The zero-order valence-electron chi connectivity index (χ0n) is 16.5. The van der Waals surface area contributed by atoms with Crippen molar-refractivity contribution in [3.63, 3.8) is 0 Å². The van der Waals surface area contributed by atoms with Gasteiger partial charge in [-0.3, -0.25) is 4.79 Å². The van der Waals surface area contributed by atoms with Gasteiger partial charge in [-0.25, -0.2) is 0 Å². The molecule has 1 aliphatic rings. The number of carbonyl (C=O) groups is 1. The summed E-state index contributed by atoms with van der Waals surface area (Å²) in [6.07, 6.45) is 3.62. The smallest absolute Gasteiger partial charge is 0.227 e. The third kappa shape index (κ3) is 5.47. The molecular weight excluding hydrogens is 344 g/mol. The Kier molecular flexibility index (Phi) is 6.07. The first-order valence-electron chi connectivity index (χ1n) is 9.65. The summed E-state index contributed by atoms with van der Waals surface area (Å²) in [5, 5.41) is 14.2. The van der Waals surface area contributed by atoms with Crippen LogP contribution in [-0.4, -0.2) is 53.8 Å². The number of likely N-dealkylation sites (tertiary alicyclic amines) is 1. The van der Waals surface area contributed by atoms with E-state index in [2.05, 4.69) is 26.1 Å². The van der Waals surface area contributed by atoms with Crippen molar-refractivity contribution in [2.75, 3.05) is 26.2 Å². The standard InChI is InChI=1S/C21H30N2O4/c1-21(2,3)22-12-16(24)14-26-17-6-7-18-15(13-27-19(18)11-17)10-20(25)23-8-4-5-9-23/h6-7,11,13,16,22,24H,4-5,8-10,12,14H2,1-3H3. The number of furan rings is 1. The van der Waals surface area contributed by atoms with Gasteiger partial charge in [0.1, 0.15) is 24.0 Å². The van der Waals surface area contributed by atoms with E-state index >= 15 is 0 Å². The highest BCUT2D eigenvalue weighted by atomic mass is 16.5. The molecule has 1 saturated heterocycles. The van der Waals surface area contributed by atoms with E-state index in [4.69, 9.17) is 9.15 Å². The largest absolute Gasteiger partial charge is 0.491 e. The van der Waals surface area contributed by atoms with Crippen molar-refractivity contribution >= 4 is 16.9 Å². The Morgan fingerprint density at radius 1 is 1.33 bits per heavy atom. The molecule has 0 bridgehead atoms. The molecule has 0 spiro atoms. The lowest BCUT2D eigenvalue weighted by Crippen LogP contribution is -2.42. The first kappa shape index (κ1) is 19.7. The van der Waals surface area contributed by atoms with Crippen LogP contribution in [0.4, 0.5) is 0 Å². The molecule has 0 saturated carbocycles. The second-order valence-electron chi connectivity index (χ2n) is 8.28. The van der Waals surface area contributed by atoms with Crippen molar-refractivity contribution in [2.24, 2.45) is 0 Å². The zero-order valence-corrected chi connectivity index (χ0v) is 16.5. The Hall–Kier alpha value is -2.05. The fraction of sp³-hybridized carbons (Fsp3) is 0.571. The summed E-state index contributed by atoms with van der Waals surface area (Å²) in [7, 11) is 0. The summed E-state index contributed by atoms with van der Waals surface area (Å²) >= 11 is 0. The number of carbonyl (C=O) groups excluding carboxylic acids is 1. The molecule has 6 heteroatoms. The third-order valence-electron chi connectivity index (χ3n) is 4.74. The summed E-state index contributed by atoms with van der Waals surface area (Å²) in [5.74, 6) is 0.800. The number of β-amino-alcohol motifs (C(OH)–C–C–N with tert-alkyl or cyclic N) is 1. The number of ether oxygens (including phenoxy) is 1. The molecule has 1 aliphatic heterocycles. The molecule has 0 radical (unpaired) electrons. The second-order valence-corrected chi connectivity index (χ2v) is 8.28. The minimum Gasteiger partial charge on any atom is -0.491 e. The highest BCUT2D eigenvalue weighted by Gasteiger charge is 2.20. The third-order valence-corrected chi connectivity index (χ3v) is 4.74. The van der Waals surface area contributed by atoms with Gasteiger partial charge in [0.25, 0.3) is 0 Å². The van der Waals surface area contributed by atoms with Gasteiger partial charge in [-0.15, -0.1) is 0 Å². The van der Waals surface area contributed by atoms with Crippen molar-refractivity contribution in [2.45, 2.75) is 51.7 Å². The van der Waals surface area contributed by atoms with Gasteiger partial charge < -0.3 is 24.5 Å². The van der Waals surface area contributed by atoms with Gasteiger partial charge in [0, 0.05) is 42.2 Å². The molecule has 2 heterocycles. The van der Waals surface area contributed by atoms with Gasteiger partial charge in [0.05, 0.1) is 12.7 Å². The topological polar surface area (TPSA) is 74.9 Å². The van der Waals surface area contributed by atoms with Crippen LogP contribution in [0.2, 0.25) is 0 Å². The van der Waals surface area contributed by atoms with E-state index in [1.165, 1.54) is 0 Å². The number of hydrogen-bond donors (Lipinski definition) is 2. The summed E-state index contributed by atoms with van der Waals surface area (Å²) in [6.45, 7) is 8.55. The maximum absolute atomic E-state index is 12.4. The second kappa shape index (κ2) is 8.31. The predicted octanol–water partition coefficient (Wildman–Crippen LogP) is 2.73. The SMILES string of the molecule is CC(C)(C)NCC(O)COc1ccc2c(CC(=O)N3CCCC3)coc2c1. The van der Waals surface area contributed by atoms with Crippen LogP contribution in [0.15, 0.2) is 28.9 Å². The van der Waals surface area contributed by atoms with Crippen LogP contribution >= 0.6 is 0 Å². The molecule has 148 valence electrons. The lowest BCUT2D eigenvalue weighted by molar-refractivity contribution is -0.129. The Balaban J connectivity index is 1.57. The van der Waals surface area contributed by atoms with Gasteiger partial charge in [-0.1, -0.05) is 0 Å². The van der Waals surface area contributed by atoms with Crippen molar-refractivity contribution < 1.29 is 19.1 Å². The number of nitrogens with one attached hydrogen (secondary N) is 1. The van der Waals surface area contributed by atoms with Crippen LogP contribution in [0, 0.1) is 0 Å². The van der Waals surface area contributed by atoms with Crippen LogP contribution in [0.1, 0.15) is 39.2 Å². The number of benzene rings is 1. The fourth-order valence-corrected chi connectivity index (χ4v) is 3.21. The number of hydrogen-bond acceptors (Lipinski definition) is 5. The van der Waals surface area contributed by atoms with Crippen molar-refractivity contribution in [3.8, 4) is 5.75 Å². The minimum atomic E-state index is -0.592. The van der Waals surface area contributed by atoms with Crippen molar-refractivity contribution in [3.05, 3.63) is 30.0 Å². The Labute approximate surface area is 160 Å². The number of nitrogens with zero attached hydrogens (tertiary/aromatic N) is 1. The van der Waals surface area contributed by atoms with Crippen LogP contribution in [-0.2, 0) is 11.2 Å². The number of aliphatic hydroxyl groups is 1. The molecule has 1 unspecified atom stereocenters. The van der Waals surface area contributed by atoms with Gasteiger partial charge in [-0.2, -0.15) is 0 Å². The molecule has 2 aromatic rings. The van der Waals surface area contributed by atoms with E-state index in [0.29, 0.717) is 24.3 Å². The Bertz CT molecular complexity index is 772. The van der Waals surface area contributed by atoms with Crippen LogP contribution in [0.5, 0.6) is 5.75 Å². The van der Waals surface area contributed by atoms with Gasteiger partial charge in [-0.05, 0) is 45.7 Å². The number of aliphatic hydroxyl groups excluding tert-OH is 1. The number of rotatable bonds is 7. The highest BCUT2D eigenvalue weighted by Crippen LogP contribution is 2.27. The predicted molar refractivity (Wildman–Crippen MR) is 105 cm³/mol. The average molecular weight is 374 g/mol. The monoisotopic (exact) mass is 374 g/mol. The van der Waals surface area contributed by atoms with Gasteiger partial charge in [0.15, 0.2) is 0 Å². The maximum Gasteiger partial charge on any atom is 0.227 e. The van der Waals surface area contributed by atoms with E-state index < -0.39 is 6.10 Å². The minimum absolute atomic E-state index is 0.0447. The summed E-state index contributed by atoms with van der Waals surface area (Å²) in [6, 6.07) is 5.58. The summed E-state index contributed by atoms with van der Waals surface area (Å²) in [4.78, 5) is 14.3. The lowest BCUT2D eigenvalue weighted by atomic mass is 10.1. The average Bonchev–Trinajstić information content (AvgIpc) is 3.27. The quantitative estimate of drug-likeness (QED) is 0.779. The van der Waals surface area contributed by atoms with E-state index in [9.17, 15) is 9.90 Å². The van der Waals surface area contributed by atoms with E-state index in [1.54, 1.807) is 6.26 Å². The maximum atomic E-state index is 12.4. The molecule has 1 amide bonds. The number of amides is 1. The Morgan fingerprint density at radius 2 is 2.07 bits per heavy atom. The molecule has 1 fully saturated rings. The first-order valence-corrected chi connectivity index (χ1v) is 9.65. The molecule has 6 nitrogen and oxygen atoms in total. The molecule has 2 N–H and O–H groups in total. The van der Waals surface area contributed by atoms with E-state index in [-0.39, 0.29) is 18.1 Å². The summed E-state index contributed by atoms with van der Waals surface area (Å²) in [5.41, 5.74) is 1.55. The molecule has 0 aliphatic carbocycles. The summed E-state index contributed by atoms with van der Waals surface area (Å²) < 4.78 is 11.3.